The smallest absolute Gasteiger partial charge is 0.358 e. The molecule has 2 rings (SSSR count). The van der Waals surface area contributed by atoms with Crippen LogP contribution in [0.4, 0.5) is 0 Å². The van der Waals surface area contributed by atoms with E-state index in [1.807, 2.05) is 19.1 Å². The number of pyridine rings is 1. The number of nitrogens with zero attached hydrogens (tertiary/aromatic N) is 1. The molecule has 0 aliphatic rings. The lowest BCUT2D eigenvalue weighted by Gasteiger charge is -2.10. The number of aryl methyl sites for hydroxylation is 1. The maximum absolute atomic E-state index is 11.1. The maximum atomic E-state index is 11.1. The summed E-state index contributed by atoms with van der Waals surface area (Å²) in [4.78, 5) is 14.9. The summed E-state index contributed by atoms with van der Waals surface area (Å²) in [5, 5.41) is 9.08. The molecule has 4 nitrogen and oxygen atoms in total. The van der Waals surface area contributed by atoms with E-state index >= 15 is 0 Å². The Bertz CT molecular complexity index is 644. The summed E-state index contributed by atoms with van der Waals surface area (Å²) in [5.41, 5.74) is 0.945. The van der Waals surface area contributed by atoms with Gasteiger partial charge in [-0.15, -0.1) is 0 Å². The molecular weight excluding hydrogens is 378 g/mol. The first-order chi connectivity index (χ1) is 8.97. The van der Waals surface area contributed by atoms with Gasteiger partial charge in [0, 0.05) is 10.7 Å². The van der Waals surface area contributed by atoms with Gasteiger partial charge < -0.3 is 9.84 Å². The van der Waals surface area contributed by atoms with Crippen molar-refractivity contribution in [3.63, 3.8) is 0 Å². The largest absolute Gasteiger partial charge is 0.476 e. The Morgan fingerprint density at radius 3 is 2.63 bits per heavy atom. The number of halogens is 2. The van der Waals surface area contributed by atoms with Crippen molar-refractivity contribution < 1.29 is 14.6 Å². The number of rotatable bonds is 3. The summed E-state index contributed by atoms with van der Waals surface area (Å²) in [7, 11) is 0. The highest BCUT2D eigenvalue weighted by atomic mass is 79.9. The molecule has 2 aromatic rings. The Labute approximate surface area is 126 Å². The van der Waals surface area contributed by atoms with Crippen LogP contribution in [0.1, 0.15) is 16.1 Å². The van der Waals surface area contributed by atoms with Crippen LogP contribution in [0.5, 0.6) is 11.5 Å². The van der Waals surface area contributed by atoms with E-state index in [2.05, 4.69) is 36.8 Å². The molecule has 0 saturated carbocycles. The van der Waals surface area contributed by atoms with Crippen molar-refractivity contribution in [1.82, 2.24) is 4.98 Å². The molecule has 6 heteroatoms. The number of aromatic nitrogens is 1. The van der Waals surface area contributed by atoms with Gasteiger partial charge in [0.15, 0.2) is 11.4 Å². The molecule has 0 aliphatic carbocycles. The fraction of sp³-hybridized carbons (Fsp3) is 0.0769. The van der Waals surface area contributed by atoms with Gasteiger partial charge in [0.1, 0.15) is 5.75 Å². The van der Waals surface area contributed by atoms with Gasteiger partial charge in [-0.1, -0.05) is 6.07 Å². The quantitative estimate of drug-likeness (QED) is 0.848. The van der Waals surface area contributed by atoms with Gasteiger partial charge in [-0.25, -0.2) is 9.78 Å². The maximum Gasteiger partial charge on any atom is 0.358 e. The molecule has 0 amide bonds. The van der Waals surface area contributed by atoms with Crippen LogP contribution in [-0.4, -0.2) is 16.1 Å². The average Bonchev–Trinajstić information content (AvgIpc) is 2.32. The minimum atomic E-state index is -1.13. The van der Waals surface area contributed by atoms with Crippen molar-refractivity contribution in [3.05, 3.63) is 50.7 Å². The van der Waals surface area contributed by atoms with Gasteiger partial charge >= 0.3 is 5.97 Å². The highest BCUT2D eigenvalue weighted by molar-refractivity contribution is 9.10. The zero-order chi connectivity index (χ0) is 14.0. The Morgan fingerprint density at radius 1 is 1.26 bits per heavy atom. The zero-order valence-electron chi connectivity index (χ0n) is 9.85. The van der Waals surface area contributed by atoms with Gasteiger partial charge in [-0.05, 0) is 62.5 Å². The molecule has 19 heavy (non-hydrogen) atoms. The van der Waals surface area contributed by atoms with Crippen molar-refractivity contribution in [2.75, 3.05) is 0 Å². The third kappa shape index (κ3) is 3.33. The van der Waals surface area contributed by atoms with E-state index in [1.54, 1.807) is 12.1 Å². The van der Waals surface area contributed by atoms with Crippen LogP contribution in [0.3, 0.4) is 0 Å². The van der Waals surface area contributed by atoms with Gasteiger partial charge in [-0.2, -0.15) is 0 Å². The SMILES string of the molecule is Cc1ccc(Oc2cc(Br)cnc2C(=O)O)c(Br)c1. The normalized spacial score (nSPS) is 10.3. The number of carbonyl (C=O) groups is 1. The summed E-state index contributed by atoms with van der Waals surface area (Å²) in [5.74, 6) is -0.412. The molecule has 0 atom stereocenters. The van der Waals surface area contributed by atoms with Crippen LogP contribution in [0.2, 0.25) is 0 Å². The summed E-state index contributed by atoms with van der Waals surface area (Å²) in [6, 6.07) is 7.11. The monoisotopic (exact) mass is 385 g/mol. The highest BCUT2D eigenvalue weighted by Gasteiger charge is 2.15. The van der Waals surface area contributed by atoms with Gasteiger partial charge in [0.05, 0.1) is 4.47 Å². The summed E-state index contributed by atoms with van der Waals surface area (Å²) in [6.45, 7) is 1.96. The number of carboxylic acid groups (broad SMARTS) is 1. The van der Waals surface area contributed by atoms with E-state index in [-0.39, 0.29) is 11.4 Å². The molecule has 0 radical (unpaired) electrons. The molecule has 1 aromatic heterocycles. The second-order valence-electron chi connectivity index (χ2n) is 3.84. The van der Waals surface area contributed by atoms with Gasteiger partial charge in [-0.3, -0.25) is 0 Å². The van der Waals surface area contributed by atoms with Crippen LogP contribution >= 0.6 is 31.9 Å². The minimum Gasteiger partial charge on any atom is -0.476 e. The molecule has 1 aromatic carbocycles. The zero-order valence-corrected chi connectivity index (χ0v) is 13.0. The van der Waals surface area contributed by atoms with Crippen LogP contribution < -0.4 is 4.74 Å². The first-order valence-corrected chi connectivity index (χ1v) is 6.89. The topological polar surface area (TPSA) is 59.4 Å². The Hall–Kier alpha value is -1.40. The van der Waals surface area contributed by atoms with E-state index < -0.39 is 5.97 Å². The molecule has 98 valence electrons. The number of hydrogen-bond donors (Lipinski definition) is 1. The van der Waals surface area contributed by atoms with Crippen LogP contribution in [0, 0.1) is 6.92 Å². The second-order valence-corrected chi connectivity index (χ2v) is 5.61. The van der Waals surface area contributed by atoms with E-state index in [0.717, 1.165) is 10.0 Å². The first-order valence-electron chi connectivity index (χ1n) is 5.30. The molecule has 1 N–H and O–H groups in total. The van der Waals surface area contributed by atoms with E-state index in [4.69, 9.17) is 9.84 Å². The molecule has 0 saturated heterocycles. The summed E-state index contributed by atoms with van der Waals surface area (Å²) in [6.07, 6.45) is 1.42. The molecule has 0 fully saturated rings. The van der Waals surface area contributed by atoms with E-state index in [1.165, 1.54) is 6.20 Å². The standard InChI is InChI=1S/C13H9Br2NO3/c1-7-2-3-10(9(15)4-7)19-11-5-8(14)6-16-12(11)13(17)18/h2-6H,1H3,(H,17,18). The predicted molar refractivity (Wildman–Crippen MR) is 77.8 cm³/mol. The van der Waals surface area contributed by atoms with E-state index in [9.17, 15) is 4.79 Å². The van der Waals surface area contributed by atoms with Crippen molar-refractivity contribution >= 4 is 37.8 Å². The van der Waals surface area contributed by atoms with Gasteiger partial charge in [0.25, 0.3) is 0 Å². The van der Waals surface area contributed by atoms with Crippen LogP contribution in [0.25, 0.3) is 0 Å². The molecule has 0 aliphatic heterocycles. The van der Waals surface area contributed by atoms with Crippen LogP contribution in [-0.2, 0) is 0 Å². The molecule has 1 heterocycles. The molecule has 0 spiro atoms. The third-order valence-corrected chi connectivity index (χ3v) is 3.38. The lowest BCUT2D eigenvalue weighted by Crippen LogP contribution is -2.03. The fourth-order valence-corrected chi connectivity index (χ4v) is 2.35. The summed E-state index contributed by atoms with van der Waals surface area (Å²) >= 11 is 6.62. The minimum absolute atomic E-state index is 0.129. The Morgan fingerprint density at radius 2 is 2.00 bits per heavy atom. The molecular formula is C13H9Br2NO3. The highest BCUT2D eigenvalue weighted by Crippen LogP contribution is 2.32. The second kappa shape index (κ2) is 5.71. The first kappa shape index (κ1) is 14.0. The predicted octanol–water partition coefficient (Wildman–Crippen LogP) is 4.41. The fourth-order valence-electron chi connectivity index (χ4n) is 1.47. The number of benzene rings is 1. The van der Waals surface area contributed by atoms with Crippen molar-refractivity contribution in [2.45, 2.75) is 6.92 Å². The van der Waals surface area contributed by atoms with Crippen LogP contribution in [0.15, 0.2) is 39.4 Å². The lowest BCUT2D eigenvalue weighted by atomic mass is 10.2. The summed E-state index contributed by atoms with van der Waals surface area (Å²) < 4.78 is 7.02. The third-order valence-electron chi connectivity index (χ3n) is 2.33. The number of carboxylic acids is 1. The van der Waals surface area contributed by atoms with Gasteiger partial charge in [0.2, 0.25) is 0 Å². The lowest BCUT2D eigenvalue weighted by molar-refractivity contribution is 0.0687. The number of ether oxygens (including phenoxy) is 1. The average molecular weight is 387 g/mol. The number of hydrogen-bond acceptors (Lipinski definition) is 3. The molecule has 0 bridgehead atoms. The number of aromatic carboxylic acids is 1. The van der Waals surface area contributed by atoms with Crippen molar-refractivity contribution in [2.24, 2.45) is 0 Å². The molecule has 0 unspecified atom stereocenters. The van der Waals surface area contributed by atoms with Crippen molar-refractivity contribution in [1.29, 1.82) is 0 Å². The Balaban J connectivity index is 2.42. The van der Waals surface area contributed by atoms with E-state index in [0.29, 0.717) is 10.2 Å². The Kier molecular flexibility index (Phi) is 4.21. The van der Waals surface area contributed by atoms with Crippen molar-refractivity contribution in [3.8, 4) is 11.5 Å².